The second-order valence-corrected chi connectivity index (χ2v) is 6.57. The number of benzene rings is 1. The van der Waals surface area contributed by atoms with Crippen LogP contribution < -0.4 is 5.32 Å². The normalized spacial score (nSPS) is 20.7. The first-order valence-corrected chi connectivity index (χ1v) is 8.54. The van der Waals surface area contributed by atoms with E-state index in [-0.39, 0.29) is 0 Å². The summed E-state index contributed by atoms with van der Waals surface area (Å²) in [7, 11) is 0. The molecule has 21 heavy (non-hydrogen) atoms. The Morgan fingerprint density at radius 1 is 1.05 bits per heavy atom. The Hall–Kier alpha value is -1.13. The summed E-state index contributed by atoms with van der Waals surface area (Å²) in [6, 6.07) is 11.4. The monoisotopic (exact) mass is 303 g/mol. The van der Waals surface area contributed by atoms with Gasteiger partial charge in [0, 0.05) is 38.8 Å². The average molecular weight is 303 g/mol. The Bertz CT molecular complexity index is 448. The van der Waals surface area contributed by atoms with Crippen LogP contribution in [-0.4, -0.2) is 47.1 Å². The molecule has 0 unspecified atom stereocenters. The van der Waals surface area contributed by atoms with Crippen molar-refractivity contribution in [2.45, 2.75) is 38.3 Å². The molecule has 1 saturated carbocycles. The first-order chi connectivity index (χ1) is 10.3. The largest absolute Gasteiger partial charge is 0.360 e. The van der Waals surface area contributed by atoms with Crippen LogP contribution in [0.15, 0.2) is 30.3 Å². The van der Waals surface area contributed by atoms with Gasteiger partial charge in [-0.15, -0.1) is 0 Å². The summed E-state index contributed by atoms with van der Waals surface area (Å²) in [6.07, 6.45) is 5.28. The van der Waals surface area contributed by atoms with Gasteiger partial charge in [-0.05, 0) is 30.6 Å². The van der Waals surface area contributed by atoms with E-state index in [2.05, 4.69) is 45.4 Å². The molecule has 2 fully saturated rings. The molecule has 114 valence electrons. The van der Waals surface area contributed by atoms with Gasteiger partial charge in [-0.1, -0.05) is 43.2 Å². The van der Waals surface area contributed by atoms with Gasteiger partial charge in [0.2, 0.25) is 0 Å². The van der Waals surface area contributed by atoms with Crippen molar-refractivity contribution in [3.8, 4) is 0 Å². The number of hydrogen-bond donors (Lipinski definition) is 1. The van der Waals surface area contributed by atoms with Gasteiger partial charge >= 0.3 is 0 Å². The van der Waals surface area contributed by atoms with Gasteiger partial charge in [0.25, 0.3) is 0 Å². The molecule has 0 aromatic heterocycles. The summed E-state index contributed by atoms with van der Waals surface area (Å²) in [5, 5.41) is 4.53. The minimum Gasteiger partial charge on any atom is -0.360 e. The molecule has 0 amide bonds. The number of rotatable bonds is 3. The van der Waals surface area contributed by atoms with Gasteiger partial charge in [0.15, 0.2) is 5.11 Å². The highest BCUT2D eigenvalue weighted by molar-refractivity contribution is 7.80. The van der Waals surface area contributed by atoms with E-state index in [4.69, 9.17) is 12.2 Å². The third kappa shape index (κ3) is 4.17. The Kier molecular flexibility index (Phi) is 5.09. The molecule has 0 radical (unpaired) electrons. The highest BCUT2D eigenvalue weighted by atomic mass is 32.1. The van der Waals surface area contributed by atoms with Crippen molar-refractivity contribution in [1.82, 2.24) is 15.1 Å². The van der Waals surface area contributed by atoms with Crippen molar-refractivity contribution in [3.63, 3.8) is 0 Å². The maximum atomic E-state index is 5.58. The van der Waals surface area contributed by atoms with Crippen molar-refractivity contribution in [2.75, 3.05) is 26.2 Å². The number of piperazine rings is 1. The third-order valence-electron chi connectivity index (χ3n) is 4.59. The van der Waals surface area contributed by atoms with Crippen molar-refractivity contribution in [1.29, 1.82) is 0 Å². The second kappa shape index (κ2) is 7.23. The lowest BCUT2D eigenvalue weighted by atomic mass is 10.2. The third-order valence-corrected chi connectivity index (χ3v) is 4.97. The predicted molar refractivity (Wildman–Crippen MR) is 91.3 cm³/mol. The van der Waals surface area contributed by atoms with Crippen LogP contribution in [0.2, 0.25) is 0 Å². The van der Waals surface area contributed by atoms with Gasteiger partial charge in [-0.3, -0.25) is 4.90 Å². The highest BCUT2D eigenvalue weighted by Gasteiger charge is 2.22. The van der Waals surface area contributed by atoms with E-state index in [1.165, 1.54) is 31.2 Å². The van der Waals surface area contributed by atoms with Crippen molar-refractivity contribution in [3.05, 3.63) is 35.9 Å². The predicted octanol–water partition coefficient (Wildman–Crippen LogP) is 2.62. The fourth-order valence-corrected chi connectivity index (χ4v) is 3.64. The van der Waals surface area contributed by atoms with Crippen LogP contribution in [0, 0.1) is 0 Å². The topological polar surface area (TPSA) is 18.5 Å². The summed E-state index contributed by atoms with van der Waals surface area (Å²) in [4.78, 5) is 4.86. The van der Waals surface area contributed by atoms with Crippen molar-refractivity contribution in [2.24, 2.45) is 0 Å². The first kappa shape index (κ1) is 14.8. The van der Waals surface area contributed by atoms with Gasteiger partial charge in [-0.25, -0.2) is 0 Å². The van der Waals surface area contributed by atoms with Crippen molar-refractivity contribution >= 4 is 17.3 Å². The molecule has 3 nitrogen and oxygen atoms in total. The van der Waals surface area contributed by atoms with Crippen LogP contribution in [-0.2, 0) is 6.54 Å². The molecule has 1 aliphatic heterocycles. The van der Waals surface area contributed by atoms with Crippen LogP contribution in [0.5, 0.6) is 0 Å². The van der Waals surface area contributed by atoms with E-state index in [1.807, 2.05) is 0 Å². The minimum absolute atomic E-state index is 0.625. The average Bonchev–Trinajstić information content (AvgIpc) is 3.02. The molecule has 3 rings (SSSR count). The standard InChI is InChI=1S/C17H25N3S/c21-17(18-16-8-4-5-9-16)20-12-10-19(11-13-20)14-15-6-2-1-3-7-15/h1-3,6-7,16H,4-5,8-14H2,(H,18,21). The molecular formula is C17H25N3S. The number of thiocarbonyl (C=S) groups is 1. The van der Waals surface area contributed by atoms with Gasteiger partial charge < -0.3 is 10.2 Å². The number of nitrogens with zero attached hydrogens (tertiary/aromatic N) is 2. The molecule has 4 heteroatoms. The minimum atomic E-state index is 0.625. The molecule has 1 aromatic rings. The molecule has 0 atom stereocenters. The Balaban J connectivity index is 1.43. The lowest BCUT2D eigenvalue weighted by Gasteiger charge is -2.37. The van der Waals surface area contributed by atoms with Crippen LogP contribution in [0.25, 0.3) is 0 Å². The van der Waals surface area contributed by atoms with E-state index in [9.17, 15) is 0 Å². The molecule has 1 aromatic carbocycles. The van der Waals surface area contributed by atoms with E-state index in [0.717, 1.165) is 37.8 Å². The zero-order chi connectivity index (χ0) is 14.5. The summed E-state index contributed by atoms with van der Waals surface area (Å²) in [5.74, 6) is 0. The van der Waals surface area contributed by atoms with E-state index in [0.29, 0.717) is 6.04 Å². The number of nitrogens with one attached hydrogen (secondary N) is 1. The molecule has 1 heterocycles. The SMILES string of the molecule is S=C(NC1CCCC1)N1CCN(Cc2ccccc2)CC1. The van der Waals surface area contributed by atoms with Crippen LogP contribution in [0.4, 0.5) is 0 Å². The fourth-order valence-electron chi connectivity index (χ4n) is 3.29. The fraction of sp³-hybridized carbons (Fsp3) is 0.588. The molecule has 1 aliphatic carbocycles. The van der Waals surface area contributed by atoms with Gasteiger partial charge in [0.05, 0.1) is 0 Å². The summed E-state index contributed by atoms with van der Waals surface area (Å²) in [5.41, 5.74) is 1.40. The Morgan fingerprint density at radius 3 is 2.38 bits per heavy atom. The maximum Gasteiger partial charge on any atom is 0.169 e. The van der Waals surface area contributed by atoms with Crippen LogP contribution in [0.1, 0.15) is 31.2 Å². The van der Waals surface area contributed by atoms with Crippen molar-refractivity contribution < 1.29 is 0 Å². The zero-order valence-electron chi connectivity index (χ0n) is 12.6. The molecule has 0 spiro atoms. The van der Waals surface area contributed by atoms with E-state index < -0.39 is 0 Å². The van der Waals surface area contributed by atoms with Gasteiger partial charge in [-0.2, -0.15) is 0 Å². The maximum absolute atomic E-state index is 5.58. The van der Waals surface area contributed by atoms with E-state index in [1.54, 1.807) is 0 Å². The molecule has 0 bridgehead atoms. The zero-order valence-corrected chi connectivity index (χ0v) is 13.4. The Morgan fingerprint density at radius 2 is 1.71 bits per heavy atom. The lowest BCUT2D eigenvalue weighted by molar-refractivity contribution is 0.174. The summed E-state index contributed by atoms with van der Waals surface area (Å²) < 4.78 is 0. The van der Waals surface area contributed by atoms with Crippen LogP contribution >= 0.6 is 12.2 Å². The smallest absolute Gasteiger partial charge is 0.169 e. The van der Waals surface area contributed by atoms with E-state index >= 15 is 0 Å². The van der Waals surface area contributed by atoms with Crippen LogP contribution in [0.3, 0.4) is 0 Å². The highest BCUT2D eigenvalue weighted by Crippen LogP contribution is 2.18. The molecule has 2 aliphatic rings. The Labute approximate surface area is 133 Å². The summed E-state index contributed by atoms with van der Waals surface area (Å²) >= 11 is 5.58. The lowest BCUT2D eigenvalue weighted by Crippen LogP contribution is -2.52. The molecule has 1 saturated heterocycles. The van der Waals surface area contributed by atoms with Gasteiger partial charge in [0.1, 0.15) is 0 Å². The molecular weight excluding hydrogens is 278 g/mol. The quantitative estimate of drug-likeness (QED) is 0.865. The second-order valence-electron chi connectivity index (χ2n) is 6.18. The first-order valence-electron chi connectivity index (χ1n) is 8.13. The number of hydrogen-bond acceptors (Lipinski definition) is 2. The molecule has 1 N–H and O–H groups in total. The summed E-state index contributed by atoms with van der Waals surface area (Å²) in [6.45, 7) is 5.34.